The molecule has 0 spiro atoms. The normalized spacial score (nSPS) is 17.3. The largest absolute Gasteiger partial charge is 0.385 e. The number of hydrogen-bond donors (Lipinski definition) is 1. The molecule has 0 radical (unpaired) electrons. The molecule has 1 aromatic carbocycles. The smallest absolute Gasteiger partial charge is 0.133 e. The van der Waals surface area contributed by atoms with E-state index in [1.807, 2.05) is 37.3 Å². The Morgan fingerprint density at radius 3 is 2.46 bits per heavy atom. The molecule has 0 bridgehead atoms. The van der Waals surface area contributed by atoms with Gasteiger partial charge >= 0.3 is 0 Å². The van der Waals surface area contributed by atoms with E-state index in [1.165, 1.54) is 0 Å². The summed E-state index contributed by atoms with van der Waals surface area (Å²) < 4.78 is 0. The van der Waals surface area contributed by atoms with Crippen LogP contribution in [0, 0.1) is 6.92 Å². The van der Waals surface area contributed by atoms with Crippen LogP contribution in [-0.4, -0.2) is 28.2 Å². The predicted octanol–water partition coefficient (Wildman–Crippen LogP) is 4.05. The highest BCUT2D eigenvalue weighted by Gasteiger charge is 2.35. The second-order valence-corrected chi connectivity index (χ2v) is 7.29. The summed E-state index contributed by atoms with van der Waals surface area (Å²) in [5.74, 6) is 2.12. The first-order chi connectivity index (χ1) is 11.4. The van der Waals surface area contributed by atoms with Gasteiger partial charge in [-0.3, -0.25) is 0 Å². The van der Waals surface area contributed by atoms with Crippen LogP contribution >= 0.6 is 11.6 Å². The van der Waals surface area contributed by atoms with Gasteiger partial charge < -0.3 is 10.0 Å². The van der Waals surface area contributed by atoms with Gasteiger partial charge in [-0.2, -0.15) is 0 Å². The van der Waals surface area contributed by atoms with Gasteiger partial charge in [0.25, 0.3) is 0 Å². The lowest BCUT2D eigenvalue weighted by molar-refractivity contribution is 0.0117. The molecule has 0 aliphatic carbocycles. The number of halogens is 1. The van der Waals surface area contributed by atoms with Crippen LogP contribution in [0.15, 0.2) is 30.3 Å². The first-order valence-electron chi connectivity index (χ1n) is 8.47. The van der Waals surface area contributed by atoms with E-state index in [0.717, 1.165) is 36.0 Å². The minimum Gasteiger partial charge on any atom is -0.385 e. The molecule has 1 aliphatic heterocycles. The zero-order valence-electron chi connectivity index (χ0n) is 14.5. The van der Waals surface area contributed by atoms with Crippen molar-refractivity contribution in [1.29, 1.82) is 0 Å². The topological polar surface area (TPSA) is 49.2 Å². The number of aromatic nitrogens is 2. The summed E-state index contributed by atoms with van der Waals surface area (Å²) >= 11 is 6.28. The van der Waals surface area contributed by atoms with Gasteiger partial charge in [-0.1, -0.05) is 43.6 Å². The van der Waals surface area contributed by atoms with E-state index in [2.05, 4.69) is 23.7 Å². The molecule has 1 saturated heterocycles. The number of hydrogen-bond acceptors (Lipinski definition) is 4. The highest BCUT2D eigenvalue weighted by atomic mass is 35.5. The molecule has 4 nitrogen and oxygen atoms in total. The van der Waals surface area contributed by atoms with Crippen LogP contribution in [0.25, 0.3) is 0 Å². The van der Waals surface area contributed by atoms with E-state index in [-0.39, 0.29) is 0 Å². The van der Waals surface area contributed by atoms with Crippen molar-refractivity contribution in [2.45, 2.75) is 45.1 Å². The average molecular weight is 346 g/mol. The standard InChI is InChI=1S/C19H24ClN3O/c1-13(2)18-21-14(3)12-17(22-18)23-10-8-19(24,9-11-23)15-6-4-5-7-16(15)20/h4-7,12-13,24H,8-11H2,1-3H3. The fourth-order valence-electron chi connectivity index (χ4n) is 3.21. The van der Waals surface area contributed by atoms with Crippen LogP contribution in [0.3, 0.4) is 0 Å². The SMILES string of the molecule is Cc1cc(N2CCC(O)(c3ccccc3Cl)CC2)nc(C(C)C)n1. The van der Waals surface area contributed by atoms with Crippen LogP contribution in [0.2, 0.25) is 5.02 Å². The second kappa shape index (κ2) is 6.69. The van der Waals surface area contributed by atoms with E-state index >= 15 is 0 Å². The molecule has 2 aromatic rings. The Bertz CT molecular complexity index is 724. The van der Waals surface area contributed by atoms with Crippen molar-refractivity contribution in [3.05, 3.63) is 52.4 Å². The van der Waals surface area contributed by atoms with Crippen LogP contribution in [0.4, 0.5) is 5.82 Å². The Morgan fingerprint density at radius 2 is 1.83 bits per heavy atom. The van der Waals surface area contributed by atoms with Crippen LogP contribution in [0.1, 0.15) is 49.7 Å². The highest BCUT2D eigenvalue weighted by Crippen LogP contribution is 2.37. The van der Waals surface area contributed by atoms with E-state index in [1.54, 1.807) is 0 Å². The fourth-order valence-corrected chi connectivity index (χ4v) is 3.52. The molecule has 0 atom stereocenters. The Morgan fingerprint density at radius 1 is 1.17 bits per heavy atom. The molecule has 2 heterocycles. The second-order valence-electron chi connectivity index (χ2n) is 6.88. The van der Waals surface area contributed by atoms with E-state index in [9.17, 15) is 5.11 Å². The Kier molecular flexibility index (Phi) is 4.79. The van der Waals surface area contributed by atoms with Gasteiger partial charge in [0.2, 0.25) is 0 Å². The van der Waals surface area contributed by atoms with Crippen molar-refractivity contribution in [2.75, 3.05) is 18.0 Å². The van der Waals surface area contributed by atoms with Crippen molar-refractivity contribution in [3.8, 4) is 0 Å². The Balaban J connectivity index is 1.79. The third-order valence-corrected chi connectivity index (χ3v) is 4.99. The van der Waals surface area contributed by atoms with Crippen molar-refractivity contribution >= 4 is 17.4 Å². The number of aryl methyl sites for hydroxylation is 1. The molecule has 1 fully saturated rings. The van der Waals surface area contributed by atoms with Gasteiger partial charge in [-0.15, -0.1) is 0 Å². The zero-order chi connectivity index (χ0) is 17.3. The van der Waals surface area contributed by atoms with Crippen LogP contribution in [-0.2, 0) is 5.60 Å². The fraction of sp³-hybridized carbons (Fsp3) is 0.474. The first-order valence-corrected chi connectivity index (χ1v) is 8.85. The van der Waals surface area contributed by atoms with E-state index in [0.29, 0.717) is 23.8 Å². The number of piperidine rings is 1. The molecule has 0 amide bonds. The maximum absolute atomic E-state index is 11.0. The minimum absolute atomic E-state index is 0.300. The first kappa shape index (κ1) is 17.2. The number of aliphatic hydroxyl groups is 1. The molecular weight excluding hydrogens is 322 g/mol. The van der Waals surface area contributed by atoms with Crippen LogP contribution in [0.5, 0.6) is 0 Å². The minimum atomic E-state index is -0.863. The van der Waals surface area contributed by atoms with E-state index < -0.39 is 5.60 Å². The predicted molar refractivity (Wildman–Crippen MR) is 97.7 cm³/mol. The highest BCUT2D eigenvalue weighted by molar-refractivity contribution is 6.31. The lowest BCUT2D eigenvalue weighted by Gasteiger charge is -2.39. The number of rotatable bonds is 3. The van der Waals surface area contributed by atoms with Gasteiger partial charge in [-0.05, 0) is 25.8 Å². The molecule has 1 aliphatic rings. The number of benzene rings is 1. The van der Waals surface area contributed by atoms with E-state index in [4.69, 9.17) is 16.6 Å². The Labute approximate surface area is 148 Å². The molecular formula is C19H24ClN3O. The zero-order valence-corrected chi connectivity index (χ0v) is 15.2. The third kappa shape index (κ3) is 3.40. The molecule has 0 saturated carbocycles. The van der Waals surface area contributed by atoms with Crippen molar-refractivity contribution in [3.63, 3.8) is 0 Å². The van der Waals surface area contributed by atoms with Crippen LogP contribution < -0.4 is 4.90 Å². The average Bonchev–Trinajstić information content (AvgIpc) is 2.55. The molecule has 128 valence electrons. The molecule has 1 N–H and O–H groups in total. The van der Waals surface area contributed by atoms with Gasteiger partial charge in [-0.25, -0.2) is 9.97 Å². The summed E-state index contributed by atoms with van der Waals surface area (Å²) in [5, 5.41) is 11.7. The summed E-state index contributed by atoms with van der Waals surface area (Å²) in [4.78, 5) is 11.4. The van der Waals surface area contributed by atoms with Gasteiger partial charge in [0, 0.05) is 41.4 Å². The van der Waals surface area contributed by atoms with Gasteiger partial charge in [0.1, 0.15) is 11.6 Å². The lowest BCUT2D eigenvalue weighted by Crippen LogP contribution is -2.43. The Hall–Kier alpha value is -1.65. The summed E-state index contributed by atoms with van der Waals surface area (Å²) in [6.45, 7) is 7.70. The monoisotopic (exact) mass is 345 g/mol. The van der Waals surface area contributed by atoms with Crippen molar-refractivity contribution in [2.24, 2.45) is 0 Å². The quantitative estimate of drug-likeness (QED) is 0.911. The molecule has 3 rings (SSSR count). The molecule has 1 aromatic heterocycles. The molecule has 0 unspecified atom stereocenters. The van der Waals surface area contributed by atoms with Crippen molar-refractivity contribution in [1.82, 2.24) is 9.97 Å². The maximum atomic E-state index is 11.0. The van der Waals surface area contributed by atoms with Gasteiger partial charge in [0.15, 0.2) is 0 Å². The third-order valence-electron chi connectivity index (χ3n) is 4.66. The number of nitrogens with zero attached hydrogens (tertiary/aromatic N) is 3. The molecule has 24 heavy (non-hydrogen) atoms. The molecule has 5 heteroatoms. The maximum Gasteiger partial charge on any atom is 0.133 e. The summed E-state index contributed by atoms with van der Waals surface area (Å²) in [5.41, 5.74) is 0.946. The lowest BCUT2D eigenvalue weighted by atomic mass is 9.84. The van der Waals surface area contributed by atoms with Gasteiger partial charge in [0.05, 0.1) is 5.60 Å². The number of anilines is 1. The van der Waals surface area contributed by atoms with Crippen molar-refractivity contribution < 1.29 is 5.11 Å². The summed E-state index contributed by atoms with van der Waals surface area (Å²) in [6.07, 6.45) is 1.27. The summed E-state index contributed by atoms with van der Waals surface area (Å²) in [7, 11) is 0. The summed E-state index contributed by atoms with van der Waals surface area (Å²) in [6, 6.07) is 9.59.